The maximum atomic E-state index is 13.0. The van der Waals surface area contributed by atoms with E-state index in [0.717, 1.165) is 18.4 Å². The van der Waals surface area contributed by atoms with Gasteiger partial charge in [0.25, 0.3) is 0 Å². The number of rotatable bonds is 7. The van der Waals surface area contributed by atoms with Crippen LogP contribution >= 0.6 is 0 Å². The Morgan fingerprint density at radius 2 is 1.85 bits per heavy atom. The third-order valence-corrected chi connectivity index (χ3v) is 5.13. The van der Waals surface area contributed by atoms with Crippen LogP contribution in [0.2, 0.25) is 0 Å². The summed E-state index contributed by atoms with van der Waals surface area (Å²) in [7, 11) is 3.24. The van der Waals surface area contributed by atoms with E-state index in [9.17, 15) is 9.59 Å². The first kappa shape index (κ1) is 21.1. The van der Waals surface area contributed by atoms with Gasteiger partial charge in [0.05, 0.1) is 26.8 Å². The molecule has 1 aliphatic rings. The van der Waals surface area contributed by atoms with Gasteiger partial charge in [-0.3, -0.25) is 9.59 Å². The lowest BCUT2D eigenvalue weighted by molar-refractivity contribution is -0.143. The minimum Gasteiger partial charge on any atom is -0.493 e. The minimum absolute atomic E-state index is 0.00890. The Morgan fingerprint density at radius 1 is 1.22 bits per heavy atom. The largest absolute Gasteiger partial charge is 0.493 e. The number of nitrogens with zero attached hydrogens (tertiary/aromatic N) is 2. The van der Waals surface area contributed by atoms with Crippen LogP contribution in [0.1, 0.15) is 51.3 Å². The number of carbonyl (C=O) groups excluding carboxylic acids is 2. The predicted molar refractivity (Wildman–Crippen MR) is 105 cm³/mol. The standard InChI is InChI=1S/C21H32N2O4/c1-7-9-22(21(25)14(2)3)13-20(24)23-10-8-16-11-18(26-5)19(27-6)12-17(16)15(23)4/h11-12,14-15H,7-10,13H2,1-6H3. The van der Waals surface area contributed by atoms with Gasteiger partial charge in [0.15, 0.2) is 11.5 Å². The van der Waals surface area contributed by atoms with Crippen LogP contribution in [0.15, 0.2) is 12.1 Å². The highest BCUT2D eigenvalue weighted by Gasteiger charge is 2.31. The summed E-state index contributed by atoms with van der Waals surface area (Å²) in [4.78, 5) is 28.9. The van der Waals surface area contributed by atoms with Gasteiger partial charge in [0.1, 0.15) is 0 Å². The van der Waals surface area contributed by atoms with Crippen LogP contribution in [-0.2, 0) is 16.0 Å². The normalized spacial score (nSPS) is 16.1. The van der Waals surface area contributed by atoms with Crippen molar-refractivity contribution in [1.82, 2.24) is 9.80 Å². The third kappa shape index (κ3) is 4.54. The van der Waals surface area contributed by atoms with Crippen molar-refractivity contribution in [2.45, 2.75) is 46.6 Å². The number of amides is 2. The fourth-order valence-electron chi connectivity index (χ4n) is 3.64. The zero-order chi connectivity index (χ0) is 20.1. The number of hydrogen-bond acceptors (Lipinski definition) is 4. The predicted octanol–water partition coefficient (Wildman–Crippen LogP) is 3.04. The summed E-state index contributed by atoms with van der Waals surface area (Å²) in [6, 6.07) is 3.89. The van der Waals surface area contributed by atoms with Crippen molar-refractivity contribution in [2.75, 3.05) is 33.9 Å². The summed E-state index contributed by atoms with van der Waals surface area (Å²) < 4.78 is 10.8. The van der Waals surface area contributed by atoms with E-state index < -0.39 is 0 Å². The van der Waals surface area contributed by atoms with E-state index in [1.165, 1.54) is 5.56 Å². The molecule has 1 aromatic carbocycles. The molecule has 2 rings (SSSR count). The van der Waals surface area contributed by atoms with E-state index in [1.54, 1.807) is 19.1 Å². The molecule has 1 heterocycles. The lowest BCUT2D eigenvalue weighted by atomic mass is 9.92. The molecule has 1 aromatic rings. The van der Waals surface area contributed by atoms with E-state index in [0.29, 0.717) is 24.6 Å². The molecular weight excluding hydrogens is 344 g/mol. The van der Waals surface area contributed by atoms with Crippen LogP contribution in [0.5, 0.6) is 11.5 Å². The molecule has 27 heavy (non-hydrogen) atoms. The zero-order valence-electron chi connectivity index (χ0n) is 17.4. The summed E-state index contributed by atoms with van der Waals surface area (Å²) in [5, 5.41) is 0. The number of methoxy groups -OCH3 is 2. The number of fused-ring (bicyclic) bond motifs is 1. The number of benzene rings is 1. The summed E-state index contributed by atoms with van der Waals surface area (Å²) in [5.41, 5.74) is 2.25. The molecule has 0 bridgehead atoms. The van der Waals surface area contributed by atoms with Crippen LogP contribution in [0, 0.1) is 5.92 Å². The quantitative estimate of drug-likeness (QED) is 0.734. The monoisotopic (exact) mass is 376 g/mol. The first-order chi connectivity index (χ1) is 12.8. The molecule has 0 saturated carbocycles. The maximum absolute atomic E-state index is 13.0. The average Bonchev–Trinajstić information content (AvgIpc) is 2.66. The molecule has 1 atom stereocenters. The molecule has 2 amide bonds. The van der Waals surface area contributed by atoms with Gasteiger partial charge in [-0.2, -0.15) is 0 Å². The van der Waals surface area contributed by atoms with Gasteiger partial charge in [0, 0.05) is 19.0 Å². The van der Waals surface area contributed by atoms with E-state index in [2.05, 4.69) is 0 Å². The molecule has 6 nitrogen and oxygen atoms in total. The van der Waals surface area contributed by atoms with Crippen molar-refractivity contribution in [3.05, 3.63) is 23.3 Å². The Morgan fingerprint density at radius 3 is 2.41 bits per heavy atom. The fraction of sp³-hybridized carbons (Fsp3) is 0.619. The Bertz CT molecular complexity index is 687. The fourth-order valence-corrected chi connectivity index (χ4v) is 3.64. The van der Waals surface area contributed by atoms with Crippen molar-refractivity contribution in [1.29, 1.82) is 0 Å². The minimum atomic E-state index is -0.111. The number of ether oxygens (including phenoxy) is 2. The molecule has 1 aliphatic heterocycles. The third-order valence-electron chi connectivity index (χ3n) is 5.13. The van der Waals surface area contributed by atoms with Gasteiger partial charge in [-0.25, -0.2) is 0 Å². The topological polar surface area (TPSA) is 59.1 Å². The molecule has 6 heteroatoms. The molecule has 0 aromatic heterocycles. The van der Waals surface area contributed by atoms with Gasteiger partial charge >= 0.3 is 0 Å². The van der Waals surface area contributed by atoms with Crippen LogP contribution in [0.4, 0.5) is 0 Å². The maximum Gasteiger partial charge on any atom is 0.242 e. The first-order valence-electron chi connectivity index (χ1n) is 9.67. The van der Waals surface area contributed by atoms with Gasteiger partial charge in [-0.15, -0.1) is 0 Å². The van der Waals surface area contributed by atoms with Crippen molar-refractivity contribution in [2.24, 2.45) is 5.92 Å². The molecular formula is C21H32N2O4. The summed E-state index contributed by atoms with van der Waals surface area (Å²) >= 11 is 0. The number of carbonyl (C=O) groups is 2. The van der Waals surface area contributed by atoms with E-state index in [4.69, 9.17) is 9.47 Å². The van der Waals surface area contributed by atoms with Crippen molar-refractivity contribution < 1.29 is 19.1 Å². The van der Waals surface area contributed by atoms with Gasteiger partial charge < -0.3 is 19.3 Å². The first-order valence-corrected chi connectivity index (χ1v) is 9.67. The van der Waals surface area contributed by atoms with Crippen LogP contribution < -0.4 is 9.47 Å². The summed E-state index contributed by atoms with van der Waals surface area (Å²) in [5.74, 6) is 1.28. The lowest BCUT2D eigenvalue weighted by Gasteiger charge is -2.37. The SMILES string of the molecule is CCCN(CC(=O)N1CCc2cc(OC)c(OC)cc2C1C)C(=O)C(C)C. The second-order valence-corrected chi connectivity index (χ2v) is 7.33. The lowest BCUT2D eigenvalue weighted by Crippen LogP contribution is -2.47. The molecule has 0 saturated heterocycles. The Kier molecular flexibility index (Phi) is 7.11. The zero-order valence-corrected chi connectivity index (χ0v) is 17.4. The molecule has 150 valence electrons. The van der Waals surface area contributed by atoms with Crippen LogP contribution in [0.25, 0.3) is 0 Å². The van der Waals surface area contributed by atoms with Crippen molar-refractivity contribution in [3.8, 4) is 11.5 Å². The smallest absolute Gasteiger partial charge is 0.242 e. The van der Waals surface area contributed by atoms with Gasteiger partial charge in [-0.1, -0.05) is 20.8 Å². The Hall–Kier alpha value is -2.24. The summed E-state index contributed by atoms with van der Waals surface area (Å²) in [6.07, 6.45) is 1.60. The highest BCUT2D eigenvalue weighted by atomic mass is 16.5. The molecule has 1 unspecified atom stereocenters. The van der Waals surface area contributed by atoms with E-state index in [-0.39, 0.29) is 30.3 Å². The highest BCUT2D eigenvalue weighted by Crippen LogP contribution is 2.37. The Balaban J connectivity index is 2.21. The average molecular weight is 376 g/mol. The molecule has 0 fully saturated rings. The van der Waals surface area contributed by atoms with Gasteiger partial charge in [0.2, 0.25) is 11.8 Å². The van der Waals surface area contributed by atoms with Crippen LogP contribution in [-0.4, -0.2) is 55.5 Å². The number of hydrogen-bond donors (Lipinski definition) is 0. The highest BCUT2D eigenvalue weighted by molar-refractivity contribution is 5.86. The second-order valence-electron chi connectivity index (χ2n) is 7.33. The second kappa shape index (κ2) is 9.11. The molecule has 0 N–H and O–H groups in total. The van der Waals surface area contributed by atoms with E-state index in [1.807, 2.05) is 44.7 Å². The van der Waals surface area contributed by atoms with Crippen molar-refractivity contribution in [3.63, 3.8) is 0 Å². The molecule has 0 radical (unpaired) electrons. The van der Waals surface area contributed by atoms with Crippen molar-refractivity contribution >= 4 is 11.8 Å². The summed E-state index contributed by atoms with van der Waals surface area (Å²) in [6.45, 7) is 9.16. The van der Waals surface area contributed by atoms with E-state index >= 15 is 0 Å². The molecule has 0 aliphatic carbocycles. The van der Waals surface area contributed by atoms with Crippen LogP contribution in [0.3, 0.4) is 0 Å². The van der Waals surface area contributed by atoms with Gasteiger partial charge in [-0.05, 0) is 43.0 Å². The molecule has 0 spiro atoms. The Labute approximate surface area is 162 Å².